The molecule has 0 heterocycles. The van der Waals surface area contributed by atoms with Gasteiger partial charge >= 0.3 is 0 Å². The summed E-state index contributed by atoms with van der Waals surface area (Å²) in [5.41, 5.74) is 2.14. The molecule has 1 fully saturated rings. The van der Waals surface area contributed by atoms with Gasteiger partial charge < -0.3 is 9.84 Å². The highest BCUT2D eigenvalue weighted by Crippen LogP contribution is 2.26. The SMILES string of the molecule is Cc1cccc(C(O)COC2CCC(C)CC2)c1. The summed E-state index contributed by atoms with van der Waals surface area (Å²) in [6.45, 7) is 4.76. The maximum absolute atomic E-state index is 10.1. The topological polar surface area (TPSA) is 29.5 Å². The lowest BCUT2D eigenvalue weighted by Gasteiger charge is -2.27. The van der Waals surface area contributed by atoms with Gasteiger partial charge in [0.15, 0.2) is 0 Å². The first-order valence-electron chi connectivity index (χ1n) is 7.01. The molecule has 18 heavy (non-hydrogen) atoms. The number of aliphatic hydroxyl groups is 1. The fraction of sp³-hybridized carbons (Fsp3) is 0.625. The highest BCUT2D eigenvalue weighted by Gasteiger charge is 2.19. The lowest BCUT2D eigenvalue weighted by Crippen LogP contribution is -2.22. The molecule has 100 valence electrons. The molecule has 1 unspecified atom stereocenters. The third-order valence-corrected chi connectivity index (χ3v) is 3.88. The fourth-order valence-electron chi connectivity index (χ4n) is 2.60. The molecule has 0 radical (unpaired) electrons. The quantitative estimate of drug-likeness (QED) is 0.881. The maximum Gasteiger partial charge on any atom is 0.102 e. The molecule has 1 atom stereocenters. The largest absolute Gasteiger partial charge is 0.386 e. The first-order valence-corrected chi connectivity index (χ1v) is 7.01. The van der Waals surface area contributed by atoms with Crippen LogP contribution in [0.4, 0.5) is 0 Å². The van der Waals surface area contributed by atoms with Gasteiger partial charge in [-0.25, -0.2) is 0 Å². The van der Waals surface area contributed by atoms with Crippen LogP contribution in [0.1, 0.15) is 49.8 Å². The summed E-state index contributed by atoms with van der Waals surface area (Å²) in [7, 11) is 0. The molecule has 1 aliphatic carbocycles. The first kappa shape index (κ1) is 13.6. The van der Waals surface area contributed by atoms with Crippen LogP contribution >= 0.6 is 0 Å². The van der Waals surface area contributed by atoms with Crippen molar-refractivity contribution in [2.24, 2.45) is 5.92 Å². The van der Waals surface area contributed by atoms with Crippen molar-refractivity contribution in [3.8, 4) is 0 Å². The van der Waals surface area contributed by atoms with Crippen molar-refractivity contribution < 1.29 is 9.84 Å². The number of aryl methyl sites for hydroxylation is 1. The Morgan fingerprint density at radius 3 is 2.67 bits per heavy atom. The highest BCUT2D eigenvalue weighted by molar-refractivity contribution is 5.23. The van der Waals surface area contributed by atoms with Crippen LogP contribution in [-0.4, -0.2) is 17.8 Å². The molecule has 0 amide bonds. The minimum absolute atomic E-state index is 0.348. The van der Waals surface area contributed by atoms with E-state index in [9.17, 15) is 5.11 Å². The zero-order chi connectivity index (χ0) is 13.0. The molecular weight excluding hydrogens is 224 g/mol. The monoisotopic (exact) mass is 248 g/mol. The minimum Gasteiger partial charge on any atom is -0.386 e. The molecule has 0 aromatic heterocycles. The van der Waals surface area contributed by atoms with Gasteiger partial charge in [0.2, 0.25) is 0 Å². The van der Waals surface area contributed by atoms with E-state index in [1.807, 2.05) is 31.2 Å². The molecule has 0 bridgehead atoms. The molecule has 1 aliphatic rings. The lowest BCUT2D eigenvalue weighted by molar-refractivity contribution is -0.0294. The number of hydrogen-bond acceptors (Lipinski definition) is 2. The number of aliphatic hydroxyl groups excluding tert-OH is 1. The zero-order valence-corrected chi connectivity index (χ0v) is 11.4. The van der Waals surface area contributed by atoms with Crippen molar-refractivity contribution in [1.82, 2.24) is 0 Å². The molecular formula is C16H24O2. The Kier molecular flexibility index (Phi) is 4.79. The zero-order valence-electron chi connectivity index (χ0n) is 11.4. The van der Waals surface area contributed by atoms with Gasteiger partial charge in [-0.3, -0.25) is 0 Å². The smallest absolute Gasteiger partial charge is 0.102 e. The van der Waals surface area contributed by atoms with E-state index < -0.39 is 6.10 Å². The summed E-state index contributed by atoms with van der Waals surface area (Å²) >= 11 is 0. The second kappa shape index (κ2) is 6.35. The van der Waals surface area contributed by atoms with Gasteiger partial charge in [-0.05, 0) is 44.1 Å². The average Bonchev–Trinajstić information content (AvgIpc) is 2.38. The van der Waals surface area contributed by atoms with Crippen molar-refractivity contribution in [3.63, 3.8) is 0 Å². The van der Waals surface area contributed by atoms with E-state index in [1.54, 1.807) is 0 Å². The van der Waals surface area contributed by atoms with E-state index in [4.69, 9.17) is 4.74 Å². The van der Waals surface area contributed by atoms with Gasteiger partial charge in [0.25, 0.3) is 0 Å². The number of rotatable bonds is 4. The van der Waals surface area contributed by atoms with Crippen molar-refractivity contribution >= 4 is 0 Å². The third kappa shape index (κ3) is 3.82. The predicted molar refractivity (Wildman–Crippen MR) is 73.5 cm³/mol. The number of hydrogen-bond donors (Lipinski definition) is 1. The maximum atomic E-state index is 10.1. The van der Waals surface area contributed by atoms with Crippen molar-refractivity contribution in [3.05, 3.63) is 35.4 Å². The van der Waals surface area contributed by atoms with E-state index in [0.717, 1.165) is 24.3 Å². The van der Waals surface area contributed by atoms with E-state index in [1.165, 1.54) is 18.4 Å². The van der Waals surface area contributed by atoms with Gasteiger partial charge in [-0.2, -0.15) is 0 Å². The molecule has 1 N–H and O–H groups in total. The van der Waals surface area contributed by atoms with E-state index in [-0.39, 0.29) is 0 Å². The molecule has 2 rings (SSSR count). The Morgan fingerprint density at radius 1 is 1.28 bits per heavy atom. The normalized spacial score (nSPS) is 25.9. The molecule has 2 heteroatoms. The minimum atomic E-state index is -0.496. The molecule has 0 aliphatic heterocycles. The van der Waals surface area contributed by atoms with Crippen LogP contribution in [-0.2, 0) is 4.74 Å². The van der Waals surface area contributed by atoms with Crippen LogP contribution in [0.15, 0.2) is 24.3 Å². The van der Waals surface area contributed by atoms with Crippen LogP contribution < -0.4 is 0 Å². The Labute approximate surface area is 110 Å². The summed E-state index contributed by atoms with van der Waals surface area (Å²) in [5.74, 6) is 0.839. The summed E-state index contributed by atoms with van der Waals surface area (Å²) in [4.78, 5) is 0. The second-order valence-corrected chi connectivity index (χ2v) is 5.65. The van der Waals surface area contributed by atoms with Gasteiger partial charge in [-0.15, -0.1) is 0 Å². The van der Waals surface area contributed by atoms with E-state index in [2.05, 4.69) is 6.92 Å². The average molecular weight is 248 g/mol. The van der Waals surface area contributed by atoms with Crippen molar-refractivity contribution in [1.29, 1.82) is 0 Å². The molecule has 1 saturated carbocycles. The van der Waals surface area contributed by atoms with Crippen LogP contribution in [0.3, 0.4) is 0 Å². The molecule has 0 spiro atoms. The highest BCUT2D eigenvalue weighted by atomic mass is 16.5. The summed E-state index contributed by atoms with van der Waals surface area (Å²) in [6, 6.07) is 8.01. The lowest BCUT2D eigenvalue weighted by atomic mass is 9.89. The van der Waals surface area contributed by atoms with Gasteiger partial charge in [-0.1, -0.05) is 36.8 Å². The molecule has 1 aromatic carbocycles. The first-order chi connectivity index (χ1) is 8.65. The Balaban J connectivity index is 1.79. The van der Waals surface area contributed by atoms with Crippen LogP contribution in [0, 0.1) is 12.8 Å². The molecule has 2 nitrogen and oxygen atoms in total. The van der Waals surface area contributed by atoms with Crippen LogP contribution in [0.2, 0.25) is 0 Å². The molecule has 0 saturated heterocycles. The number of benzene rings is 1. The van der Waals surface area contributed by atoms with Gasteiger partial charge in [0.05, 0.1) is 12.7 Å². The Bertz CT molecular complexity index is 367. The third-order valence-electron chi connectivity index (χ3n) is 3.88. The Hall–Kier alpha value is -0.860. The standard InChI is InChI=1S/C16H24O2/c1-12-6-8-15(9-7-12)18-11-16(17)14-5-3-4-13(2)10-14/h3-5,10,12,15-17H,6-9,11H2,1-2H3. The predicted octanol–water partition coefficient (Wildman–Crippen LogP) is 3.62. The summed E-state index contributed by atoms with van der Waals surface area (Å²) in [5, 5.41) is 10.1. The van der Waals surface area contributed by atoms with Crippen molar-refractivity contribution in [2.45, 2.75) is 51.7 Å². The van der Waals surface area contributed by atoms with Crippen LogP contribution in [0.5, 0.6) is 0 Å². The van der Waals surface area contributed by atoms with Crippen molar-refractivity contribution in [2.75, 3.05) is 6.61 Å². The fourth-order valence-corrected chi connectivity index (χ4v) is 2.60. The van der Waals surface area contributed by atoms with E-state index >= 15 is 0 Å². The summed E-state index contributed by atoms with van der Waals surface area (Å²) < 4.78 is 5.84. The second-order valence-electron chi connectivity index (χ2n) is 5.65. The number of ether oxygens (including phenoxy) is 1. The van der Waals surface area contributed by atoms with Crippen LogP contribution in [0.25, 0.3) is 0 Å². The van der Waals surface area contributed by atoms with E-state index in [0.29, 0.717) is 12.7 Å². The summed E-state index contributed by atoms with van der Waals surface area (Å²) in [6.07, 6.45) is 4.64. The molecule has 1 aromatic rings. The Morgan fingerprint density at radius 2 is 2.00 bits per heavy atom. The van der Waals surface area contributed by atoms with Gasteiger partial charge in [0, 0.05) is 0 Å². The van der Waals surface area contributed by atoms with Gasteiger partial charge in [0.1, 0.15) is 6.10 Å².